The molecule has 6 heteroatoms. The van der Waals surface area contributed by atoms with E-state index in [1.807, 2.05) is 36.4 Å². The maximum Gasteiger partial charge on any atom is 0.278 e. The summed E-state index contributed by atoms with van der Waals surface area (Å²) in [6, 6.07) is 15.0. The number of rotatable bonds is 6. The van der Waals surface area contributed by atoms with Crippen molar-refractivity contribution in [1.82, 2.24) is 9.80 Å². The fraction of sp³-hybridized carbons (Fsp3) is 0.385. The summed E-state index contributed by atoms with van der Waals surface area (Å²) in [5, 5.41) is 0. The van der Waals surface area contributed by atoms with Crippen LogP contribution in [0.3, 0.4) is 0 Å². The highest BCUT2D eigenvalue weighted by Gasteiger charge is 2.43. The zero-order chi connectivity index (χ0) is 22.8. The zero-order valence-corrected chi connectivity index (χ0v) is 19.1. The van der Waals surface area contributed by atoms with Gasteiger partial charge >= 0.3 is 0 Å². The fourth-order valence-electron chi connectivity index (χ4n) is 4.86. The summed E-state index contributed by atoms with van der Waals surface area (Å²) < 4.78 is 10.8. The van der Waals surface area contributed by atoms with Crippen molar-refractivity contribution in [3.63, 3.8) is 0 Å². The molecular weight excluding hydrogens is 404 g/mol. The van der Waals surface area contributed by atoms with Crippen LogP contribution in [0.1, 0.15) is 31.4 Å². The minimum absolute atomic E-state index is 0.232. The summed E-state index contributed by atoms with van der Waals surface area (Å²) in [7, 11) is 3.14. The summed E-state index contributed by atoms with van der Waals surface area (Å²) in [6.45, 7) is 6.16. The van der Waals surface area contributed by atoms with E-state index in [-0.39, 0.29) is 18.4 Å². The Bertz CT molecular complexity index is 1040. The molecule has 4 rings (SSSR count). The smallest absolute Gasteiger partial charge is 0.278 e. The van der Waals surface area contributed by atoms with E-state index in [9.17, 15) is 9.59 Å². The minimum Gasteiger partial charge on any atom is -0.493 e. The molecule has 2 aliphatic heterocycles. The first kappa shape index (κ1) is 21.9. The summed E-state index contributed by atoms with van der Waals surface area (Å²) in [6.07, 6.45) is 1.12. The van der Waals surface area contributed by atoms with E-state index in [1.165, 1.54) is 4.90 Å². The van der Waals surface area contributed by atoms with Crippen molar-refractivity contribution < 1.29 is 19.1 Å². The second-order valence-electron chi connectivity index (χ2n) is 8.83. The molecule has 2 heterocycles. The molecule has 2 aromatic rings. The van der Waals surface area contributed by atoms with Gasteiger partial charge in [-0.25, -0.2) is 0 Å². The first-order valence-corrected chi connectivity index (χ1v) is 11.0. The van der Waals surface area contributed by atoms with Gasteiger partial charge in [0, 0.05) is 13.1 Å². The monoisotopic (exact) mass is 434 g/mol. The van der Waals surface area contributed by atoms with E-state index in [0.717, 1.165) is 25.1 Å². The molecule has 168 valence electrons. The second-order valence-corrected chi connectivity index (χ2v) is 8.83. The maximum atomic E-state index is 13.6. The van der Waals surface area contributed by atoms with Crippen LogP contribution in [0.4, 0.5) is 0 Å². The molecule has 1 fully saturated rings. The molecule has 32 heavy (non-hydrogen) atoms. The third kappa shape index (κ3) is 4.09. The maximum absolute atomic E-state index is 13.6. The minimum atomic E-state index is -0.271. The molecule has 6 nitrogen and oxygen atoms in total. The summed E-state index contributed by atoms with van der Waals surface area (Å²) in [5.41, 5.74) is 2.52. The Balaban J connectivity index is 1.79. The van der Waals surface area contributed by atoms with Crippen LogP contribution in [-0.4, -0.2) is 48.9 Å². The standard InChI is InChI=1S/C26H30N2O4/c1-17-12-18(2)15-27(14-17)24-23(20-10-11-21(31-3)22(13-20)32-4)25(29)28(26(24)30)16-19-8-6-5-7-9-19/h5-11,13,17-18H,12,14-16H2,1-4H3. The average molecular weight is 435 g/mol. The highest BCUT2D eigenvalue weighted by Crippen LogP contribution is 2.38. The van der Waals surface area contributed by atoms with Crippen molar-refractivity contribution in [3.05, 3.63) is 65.4 Å². The Morgan fingerprint density at radius 1 is 0.875 bits per heavy atom. The van der Waals surface area contributed by atoms with Crippen LogP contribution in [0.15, 0.2) is 54.2 Å². The summed E-state index contributed by atoms with van der Waals surface area (Å²) in [5.74, 6) is 1.50. The van der Waals surface area contributed by atoms with Gasteiger partial charge in [-0.05, 0) is 41.5 Å². The van der Waals surface area contributed by atoms with Crippen LogP contribution in [0.2, 0.25) is 0 Å². The van der Waals surface area contributed by atoms with Gasteiger partial charge in [-0.15, -0.1) is 0 Å². The molecule has 0 bridgehead atoms. The lowest BCUT2D eigenvalue weighted by molar-refractivity contribution is -0.138. The van der Waals surface area contributed by atoms with E-state index in [1.54, 1.807) is 26.4 Å². The number of carbonyl (C=O) groups is 2. The molecule has 0 radical (unpaired) electrons. The lowest BCUT2D eigenvalue weighted by atomic mass is 9.91. The van der Waals surface area contributed by atoms with Crippen LogP contribution in [0.25, 0.3) is 5.57 Å². The van der Waals surface area contributed by atoms with E-state index in [4.69, 9.17) is 9.47 Å². The van der Waals surface area contributed by atoms with Gasteiger partial charge in [-0.2, -0.15) is 0 Å². The van der Waals surface area contributed by atoms with Crippen molar-refractivity contribution in [2.24, 2.45) is 11.8 Å². The number of imide groups is 1. The largest absolute Gasteiger partial charge is 0.493 e. The van der Waals surface area contributed by atoms with Gasteiger partial charge in [0.2, 0.25) is 0 Å². The molecule has 2 aromatic carbocycles. The van der Waals surface area contributed by atoms with Gasteiger partial charge in [0.05, 0.1) is 26.3 Å². The predicted octanol–water partition coefficient (Wildman–Crippen LogP) is 3.96. The third-order valence-electron chi connectivity index (χ3n) is 6.18. The fourth-order valence-corrected chi connectivity index (χ4v) is 4.86. The quantitative estimate of drug-likeness (QED) is 0.644. The Hall–Kier alpha value is -3.28. The van der Waals surface area contributed by atoms with Gasteiger partial charge in [0.1, 0.15) is 5.70 Å². The van der Waals surface area contributed by atoms with Gasteiger partial charge in [0.25, 0.3) is 11.8 Å². The van der Waals surface area contributed by atoms with Gasteiger partial charge in [-0.3, -0.25) is 14.5 Å². The number of hydrogen-bond donors (Lipinski definition) is 0. The van der Waals surface area contributed by atoms with Gasteiger partial charge < -0.3 is 14.4 Å². The number of benzene rings is 2. The van der Waals surface area contributed by atoms with Gasteiger partial charge in [0.15, 0.2) is 11.5 Å². The lowest BCUT2D eigenvalue weighted by Gasteiger charge is -2.37. The van der Waals surface area contributed by atoms with Crippen LogP contribution in [0, 0.1) is 11.8 Å². The highest BCUT2D eigenvalue weighted by molar-refractivity contribution is 6.35. The van der Waals surface area contributed by atoms with E-state index < -0.39 is 0 Å². The average Bonchev–Trinajstić information content (AvgIpc) is 3.03. The van der Waals surface area contributed by atoms with Crippen LogP contribution in [0.5, 0.6) is 11.5 Å². The highest BCUT2D eigenvalue weighted by atomic mass is 16.5. The number of nitrogens with zero attached hydrogens (tertiary/aromatic N) is 2. The molecule has 0 aliphatic carbocycles. The third-order valence-corrected chi connectivity index (χ3v) is 6.18. The molecule has 0 spiro atoms. The molecule has 1 saturated heterocycles. The van der Waals surface area contributed by atoms with E-state index in [2.05, 4.69) is 18.7 Å². The first-order chi connectivity index (χ1) is 15.4. The van der Waals surface area contributed by atoms with Crippen molar-refractivity contribution in [3.8, 4) is 11.5 Å². The number of likely N-dealkylation sites (tertiary alicyclic amines) is 1. The van der Waals surface area contributed by atoms with Crippen LogP contribution >= 0.6 is 0 Å². The van der Waals surface area contributed by atoms with Crippen molar-refractivity contribution in [2.75, 3.05) is 27.3 Å². The summed E-state index contributed by atoms with van der Waals surface area (Å²) >= 11 is 0. The molecule has 0 saturated carbocycles. The van der Waals surface area contributed by atoms with Gasteiger partial charge in [-0.1, -0.05) is 50.2 Å². The molecule has 2 aliphatic rings. The Kier molecular flexibility index (Phi) is 6.21. The topological polar surface area (TPSA) is 59.1 Å². The molecular formula is C26H30N2O4. The number of hydrogen-bond acceptors (Lipinski definition) is 5. The first-order valence-electron chi connectivity index (χ1n) is 11.0. The van der Waals surface area contributed by atoms with Crippen molar-refractivity contribution in [2.45, 2.75) is 26.8 Å². The number of methoxy groups -OCH3 is 2. The van der Waals surface area contributed by atoms with Crippen LogP contribution in [-0.2, 0) is 16.1 Å². The van der Waals surface area contributed by atoms with Crippen LogP contribution < -0.4 is 9.47 Å². The predicted molar refractivity (Wildman–Crippen MR) is 123 cm³/mol. The molecule has 0 N–H and O–H groups in total. The van der Waals surface area contributed by atoms with E-state index >= 15 is 0 Å². The number of piperidine rings is 1. The molecule has 2 amide bonds. The number of amides is 2. The lowest BCUT2D eigenvalue weighted by Crippen LogP contribution is -2.41. The van der Waals surface area contributed by atoms with Crippen molar-refractivity contribution in [1.29, 1.82) is 0 Å². The zero-order valence-electron chi connectivity index (χ0n) is 19.1. The van der Waals surface area contributed by atoms with Crippen molar-refractivity contribution >= 4 is 17.4 Å². The Morgan fingerprint density at radius 2 is 1.53 bits per heavy atom. The normalized spacial score (nSPS) is 21.4. The second kappa shape index (κ2) is 9.07. The Labute approximate surface area is 189 Å². The number of carbonyl (C=O) groups excluding carboxylic acids is 2. The molecule has 2 atom stereocenters. The summed E-state index contributed by atoms with van der Waals surface area (Å²) in [4.78, 5) is 30.8. The number of ether oxygens (including phenoxy) is 2. The van der Waals surface area contributed by atoms with E-state index in [0.29, 0.717) is 40.2 Å². The SMILES string of the molecule is COc1ccc(C2=C(N3CC(C)CC(C)C3)C(=O)N(Cc3ccccc3)C2=O)cc1OC. The molecule has 2 unspecified atom stereocenters. The Morgan fingerprint density at radius 3 is 2.16 bits per heavy atom. The molecule has 0 aromatic heterocycles.